The Morgan fingerprint density at radius 2 is 2.06 bits per heavy atom. The SMILES string of the molecule is COc1cccc(Cn2nc3n(c2=O)CCC(NC(=O)c2ccc4c(c2)OCO4)CC3)c1. The van der Waals surface area contributed by atoms with Gasteiger partial charge in [-0.2, -0.15) is 5.10 Å². The summed E-state index contributed by atoms with van der Waals surface area (Å²) in [6.07, 6.45) is 1.99. The molecular weight excluding hydrogens is 412 g/mol. The number of fused-ring (bicyclic) bond motifs is 2. The van der Waals surface area contributed by atoms with Crippen molar-refractivity contribution in [3.8, 4) is 17.2 Å². The Balaban J connectivity index is 1.25. The molecule has 1 aromatic heterocycles. The number of hydrogen-bond acceptors (Lipinski definition) is 6. The number of amides is 1. The van der Waals surface area contributed by atoms with Crippen LogP contribution in [0.25, 0.3) is 0 Å². The van der Waals surface area contributed by atoms with Crippen LogP contribution in [0, 0.1) is 0 Å². The molecule has 1 unspecified atom stereocenters. The van der Waals surface area contributed by atoms with Gasteiger partial charge in [0.2, 0.25) is 6.79 Å². The minimum absolute atomic E-state index is 0.0409. The minimum atomic E-state index is -0.164. The lowest BCUT2D eigenvalue weighted by Gasteiger charge is -2.16. The molecule has 0 spiro atoms. The zero-order valence-corrected chi connectivity index (χ0v) is 17.7. The minimum Gasteiger partial charge on any atom is -0.497 e. The molecule has 0 radical (unpaired) electrons. The molecule has 1 atom stereocenters. The highest BCUT2D eigenvalue weighted by molar-refractivity contribution is 5.95. The standard InChI is InChI=1S/C23H24N4O5/c1-30-18-4-2-3-15(11-18)13-27-23(29)26-10-9-17(6-8-21(26)25-27)24-22(28)16-5-7-19-20(12-16)32-14-31-19/h2-5,7,11-12,17H,6,8-10,13-14H2,1H3,(H,24,28). The molecular formula is C23H24N4O5. The van der Waals surface area contributed by atoms with Crippen molar-refractivity contribution >= 4 is 5.91 Å². The van der Waals surface area contributed by atoms with E-state index in [4.69, 9.17) is 14.2 Å². The number of ether oxygens (including phenoxy) is 3. The van der Waals surface area contributed by atoms with Gasteiger partial charge in [-0.1, -0.05) is 12.1 Å². The second-order valence-corrected chi connectivity index (χ2v) is 7.93. The molecule has 1 N–H and O–H groups in total. The topological polar surface area (TPSA) is 96.6 Å². The molecule has 0 fully saturated rings. The van der Waals surface area contributed by atoms with Crippen LogP contribution in [0.3, 0.4) is 0 Å². The van der Waals surface area contributed by atoms with Gasteiger partial charge in [0.1, 0.15) is 11.6 Å². The molecule has 3 heterocycles. The number of aryl methyl sites for hydroxylation is 1. The summed E-state index contributed by atoms with van der Waals surface area (Å²) < 4.78 is 19.1. The summed E-state index contributed by atoms with van der Waals surface area (Å²) >= 11 is 0. The zero-order valence-electron chi connectivity index (χ0n) is 17.7. The van der Waals surface area contributed by atoms with Gasteiger partial charge in [-0.05, 0) is 48.7 Å². The van der Waals surface area contributed by atoms with Crippen LogP contribution in [0.1, 0.15) is 34.6 Å². The van der Waals surface area contributed by atoms with E-state index in [0.29, 0.717) is 49.4 Å². The first-order valence-corrected chi connectivity index (χ1v) is 10.6. The van der Waals surface area contributed by atoms with E-state index < -0.39 is 0 Å². The maximum atomic E-state index is 12.9. The summed E-state index contributed by atoms with van der Waals surface area (Å²) in [5.74, 6) is 2.56. The van der Waals surface area contributed by atoms with E-state index in [-0.39, 0.29) is 24.4 Å². The highest BCUT2D eigenvalue weighted by atomic mass is 16.7. The van der Waals surface area contributed by atoms with Crippen molar-refractivity contribution in [1.82, 2.24) is 19.7 Å². The lowest BCUT2D eigenvalue weighted by Crippen LogP contribution is -2.35. The summed E-state index contributed by atoms with van der Waals surface area (Å²) in [5, 5.41) is 7.63. The fourth-order valence-corrected chi connectivity index (χ4v) is 4.13. The largest absolute Gasteiger partial charge is 0.497 e. The normalized spacial score (nSPS) is 16.8. The number of carbonyl (C=O) groups is 1. The Bertz CT molecular complexity index is 1220. The molecule has 5 rings (SSSR count). The predicted octanol–water partition coefficient (Wildman–Crippen LogP) is 1.97. The lowest BCUT2D eigenvalue weighted by atomic mass is 10.1. The predicted molar refractivity (Wildman–Crippen MR) is 115 cm³/mol. The van der Waals surface area contributed by atoms with Crippen LogP contribution < -0.4 is 25.2 Å². The first-order chi connectivity index (χ1) is 15.6. The Morgan fingerprint density at radius 1 is 1.19 bits per heavy atom. The Kier molecular flexibility index (Phi) is 5.30. The third-order valence-corrected chi connectivity index (χ3v) is 5.85. The van der Waals surface area contributed by atoms with Crippen LogP contribution in [0.5, 0.6) is 17.2 Å². The first kappa shape index (κ1) is 20.2. The molecule has 3 aromatic rings. The number of carbonyl (C=O) groups excluding carboxylic acids is 1. The lowest BCUT2D eigenvalue weighted by molar-refractivity contribution is 0.0932. The molecule has 166 valence electrons. The number of nitrogens with one attached hydrogen (secondary N) is 1. The van der Waals surface area contributed by atoms with Crippen molar-refractivity contribution in [2.75, 3.05) is 13.9 Å². The number of aromatic nitrogens is 3. The fourth-order valence-electron chi connectivity index (χ4n) is 4.13. The average Bonchev–Trinajstić information content (AvgIpc) is 3.33. The van der Waals surface area contributed by atoms with Crippen LogP contribution >= 0.6 is 0 Å². The molecule has 0 saturated heterocycles. The van der Waals surface area contributed by atoms with Crippen LogP contribution in [0.4, 0.5) is 0 Å². The highest BCUT2D eigenvalue weighted by Crippen LogP contribution is 2.32. The molecule has 2 aliphatic rings. The first-order valence-electron chi connectivity index (χ1n) is 10.6. The summed E-state index contributed by atoms with van der Waals surface area (Å²) in [7, 11) is 1.62. The third kappa shape index (κ3) is 3.93. The molecule has 2 aliphatic heterocycles. The Morgan fingerprint density at radius 3 is 2.94 bits per heavy atom. The van der Waals surface area contributed by atoms with E-state index in [1.54, 1.807) is 29.9 Å². The molecule has 0 bridgehead atoms. The quantitative estimate of drug-likeness (QED) is 0.657. The van der Waals surface area contributed by atoms with Crippen LogP contribution in [0.2, 0.25) is 0 Å². The maximum absolute atomic E-state index is 12.9. The van der Waals surface area contributed by atoms with Crippen LogP contribution in [-0.2, 0) is 19.5 Å². The van der Waals surface area contributed by atoms with Crippen LogP contribution in [0.15, 0.2) is 47.3 Å². The van der Waals surface area contributed by atoms with Crippen LogP contribution in [-0.4, -0.2) is 40.2 Å². The van der Waals surface area contributed by atoms with Crippen molar-refractivity contribution < 1.29 is 19.0 Å². The summed E-state index contributed by atoms with van der Waals surface area (Å²) in [6.45, 7) is 1.07. The molecule has 0 aliphatic carbocycles. The van der Waals surface area contributed by atoms with Gasteiger partial charge in [-0.25, -0.2) is 9.48 Å². The van der Waals surface area contributed by atoms with Gasteiger partial charge in [0.15, 0.2) is 11.5 Å². The summed E-state index contributed by atoms with van der Waals surface area (Å²) in [6, 6.07) is 12.7. The van der Waals surface area contributed by atoms with Crippen molar-refractivity contribution in [3.05, 3.63) is 69.9 Å². The molecule has 2 aromatic carbocycles. The van der Waals surface area contributed by atoms with Crippen molar-refractivity contribution in [2.45, 2.75) is 38.4 Å². The van der Waals surface area contributed by atoms with Crippen molar-refractivity contribution in [1.29, 1.82) is 0 Å². The van der Waals surface area contributed by atoms with E-state index in [0.717, 1.165) is 17.1 Å². The van der Waals surface area contributed by atoms with E-state index in [1.807, 2.05) is 24.3 Å². The average molecular weight is 436 g/mol. The van der Waals surface area contributed by atoms with Gasteiger partial charge >= 0.3 is 5.69 Å². The van der Waals surface area contributed by atoms with Gasteiger partial charge in [-0.3, -0.25) is 9.36 Å². The number of nitrogens with zero attached hydrogens (tertiary/aromatic N) is 3. The van der Waals surface area contributed by atoms with Gasteiger partial charge in [-0.15, -0.1) is 0 Å². The van der Waals surface area contributed by atoms with Gasteiger partial charge in [0.25, 0.3) is 5.91 Å². The second kappa shape index (κ2) is 8.41. The van der Waals surface area contributed by atoms with E-state index >= 15 is 0 Å². The van der Waals surface area contributed by atoms with E-state index in [2.05, 4.69) is 10.4 Å². The van der Waals surface area contributed by atoms with E-state index in [9.17, 15) is 9.59 Å². The number of hydrogen-bond donors (Lipinski definition) is 1. The number of rotatable bonds is 5. The van der Waals surface area contributed by atoms with Gasteiger partial charge < -0.3 is 19.5 Å². The fraction of sp³-hybridized carbons (Fsp3) is 0.348. The van der Waals surface area contributed by atoms with Gasteiger partial charge in [0.05, 0.1) is 13.7 Å². The number of benzene rings is 2. The second-order valence-electron chi connectivity index (χ2n) is 7.93. The molecule has 0 saturated carbocycles. The third-order valence-electron chi connectivity index (χ3n) is 5.85. The smallest absolute Gasteiger partial charge is 0.346 e. The number of methoxy groups -OCH3 is 1. The van der Waals surface area contributed by atoms with E-state index in [1.165, 1.54) is 4.68 Å². The van der Waals surface area contributed by atoms with Crippen molar-refractivity contribution in [3.63, 3.8) is 0 Å². The zero-order chi connectivity index (χ0) is 22.1. The van der Waals surface area contributed by atoms with Gasteiger partial charge in [0, 0.05) is 24.6 Å². The van der Waals surface area contributed by atoms with Crippen molar-refractivity contribution in [2.24, 2.45) is 0 Å². The molecule has 9 heteroatoms. The molecule has 32 heavy (non-hydrogen) atoms. The highest BCUT2D eigenvalue weighted by Gasteiger charge is 2.23. The maximum Gasteiger partial charge on any atom is 0.346 e. The molecule has 1 amide bonds. The summed E-state index contributed by atoms with van der Waals surface area (Å²) in [4.78, 5) is 25.6. The Hall–Kier alpha value is -3.75. The molecule has 9 nitrogen and oxygen atoms in total. The summed E-state index contributed by atoms with van der Waals surface area (Å²) in [5.41, 5.74) is 1.34. The Labute approximate surface area is 184 Å². The monoisotopic (exact) mass is 436 g/mol.